The van der Waals surface area contributed by atoms with Crippen molar-refractivity contribution in [2.75, 3.05) is 0 Å². The van der Waals surface area contributed by atoms with E-state index in [0.29, 0.717) is 11.8 Å². The van der Waals surface area contributed by atoms with Gasteiger partial charge in [-0.3, -0.25) is 0 Å². The molecule has 0 bridgehead atoms. The first-order valence-corrected chi connectivity index (χ1v) is 15.2. The first-order chi connectivity index (χ1) is 11.1. The number of rotatable bonds is 2. The molecule has 0 saturated heterocycles. The predicted octanol–water partition coefficient (Wildman–Crippen LogP) is 4.95. The van der Waals surface area contributed by atoms with Crippen molar-refractivity contribution < 1.29 is 61.5 Å². The van der Waals surface area contributed by atoms with Crippen molar-refractivity contribution >= 4 is 0 Å². The molecule has 25 heavy (non-hydrogen) atoms. The maximum atomic E-state index is 4.39. The van der Waals surface area contributed by atoms with E-state index in [1.54, 1.807) is 0 Å². The molecule has 0 N–H and O–H groups in total. The van der Waals surface area contributed by atoms with E-state index >= 15 is 0 Å². The number of hydrogen-bond donors (Lipinski definition) is 0. The zero-order valence-electron chi connectivity index (χ0n) is 15.7. The summed E-state index contributed by atoms with van der Waals surface area (Å²) in [5.41, 5.74) is 2.76. The largest absolute Gasteiger partial charge is 6.00 e. The average Bonchev–Trinajstić information content (AvgIpc) is 2.48. The van der Waals surface area contributed by atoms with Gasteiger partial charge in [0.2, 0.25) is 0 Å². The topological polar surface area (TPSA) is 0 Å². The summed E-state index contributed by atoms with van der Waals surface area (Å²) in [4.78, 5) is 0. The molecule has 0 unspecified atom stereocenters. The van der Waals surface area contributed by atoms with Gasteiger partial charge in [-0.25, -0.2) is 12.8 Å². The molecule has 1 fully saturated rings. The Labute approximate surface area is 186 Å². The number of benzene rings is 1. The summed E-state index contributed by atoms with van der Waals surface area (Å²) in [6, 6.07) is 8.71. The van der Waals surface area contributed by atoms with E-state index in [4.69, 9.17) is 0 Å². The molecule has 0 heterocycles. The van der Waals surface area contributed by atoms with Crippen molar-refractivity contribution in [3.63, 3.8) is 0 Å². The molecule has 0 spiro atoms. The van der Waals surface area contributed by atoms with E-state index in [9.17, 15) is 0 Å². The van der Waals surface area contributed by atoms with Gasteiger partial charge in [0.25, 0.3) is 0 Å². The van der Waals surface area contributed by atoms with E-state index in [0.717, 1.165) is 0 Å². The third kappa shape index (κ3) is 16.0. The maximum absolute atomic E-state index is 4.39. The summed E-state index contributed by atoms with van der Waals surface area (Å²) >= 11 is -1.42. The molecule has 1 aromatic carbocycles. The first kappa shape index (κ1) is 28.5. The second-order valence-electron chi connectivity index (χ2n) is 6.31. The van der Waals surface area contributed by atoms with Gasteiger partial charge in [0.15, 0.2) is 0 Å². The Hall–Kier alpha value is 1.34. The molecule has 2 rings (SSSR count). The van der Waals surface area contributed by atoms with Crippen molar-refractivity contribution in [1.82, 2.24) is 0 Å². The van der Waals surface area contributed by atoms with Crippen LogP contribution < -0.4 is 0 Å². The quantitative estimate of drug-likeness (QED) is 0.344. The van der Waals surface area contributed by atoms with Gasteiger partial charge in [0.1, 0.15) is 0 Å². The van der Waals surface area contributed by atoms with Gasteiger partial charge >= 0.3 is 61.5 Å². The van der Waals surface area contributed by atoms with E-state index in [2.05, 4.69) is 121 Å². The number of aryl methyl sites for hydroxylation is 1. The Morgan fingerprint density at radius 1 is 0.880 bits per heavy atom. The van der Waals surface area contributed by atoms with Gasteiger partial charge in [-0.15, -0.1) is 0 Å². The molecule has 0 amide bonds. The minimum atomic E-state index is -1.42. The Kier molecular flexibility index (Phi) is 18.6. The van der Waals surface area contributed by atoms with E-state index in [1.165, 1.54) is 23.0 Å². The minimum absolute atomic E-state index is 0. The van der Waals surface area contributed by atoms with Gasteiger partial charge in [0.05, 0.1) is 0 Å². The van der Waals surface area contributed by atoms with Crippen molar-refractivity contribution in [3.05, 3.63) is 72.9 Å². The van der Waals surface area contributed by atoms with Crippen LogP contribution in [0.1, 0.15) is 51.7 Å². The number of hydrogen-bond acceptors (Lipinski definition) is 0. The van der Waals surface area contributed by atoms with Crippen LogP contribution >= 0.6 is 0 Å². The summed E-state index contributed by atoms with van der Waals surface area (Å²) in [6.07, 6.45) is 8.71. The van der Waals surface area contributed by atoms with Crippen LogP contribution in [0, 0.1) is 79.4 Å². The molecular formula is C20H31Cl3Ru2+3. The standard InChI is InChI=1S/2C10H14.3ClH.2Ru/c2*1-8(2)10-6-4-9(3)5-7-10;;;;;/h2*4-8H,1-3H3;3*1H;;/q;-6;;;;+3;+6. The average molecular weight is 580 g/mol. The second kappa shape index (κ2) is 16.3. The molecule has 145 valence electrons. The van der Waals surface area contributed by atoms with E-state index < -0.39 is 13.0 Å². The predicted molar refractivity (Wildman–Crippen MR) is 93.7 cm³/mol. The summed E-state index contributed by atoms with van der Waals surface area (Å²) in [5, 5.41) is 0. The van der Waals surface area contributed by atoms with Crippen LogP contribution in [-0.2, 0) is 32.5 Å². The first-order valence-electron chi connectivity index (χ1n) is 7.96. The van der Waals surface area contributed by atoms with Gasteiger partial charge in [-0.2, -0.15) is 0 Å². The summed E-state index contributed by atoms with van der Waals surface area (Å²) in [6.45, 7) is 13.1. The summed E-state index contributed by atoms with van der Waals surface area (Å²) < 4.78 is 0. The van der Waals surface area contributed by atoms with Crippen molar-refractivity contribution in [1.29, 1.82) is 0 Å². The smallest absolute Gasteiger partial charge is 6.00 e. The fourth-order valence-electron chi connectivity index (χ4n) is 1.90. The molecule has 1 aliphatic carbocycles. The van der Waals surface area contributed by atoms with Crippen LogP contribution in [-0.4, -0.2) is 0 Å². The third-order valence-electron chi connectivity index (χ3n) is 3.49. The Balaban J connectivity index is 0. The van der Waals surface area contributed by atoms with E-state index in [1.807, 2.05) is 0 Å². The molecule has 0 radical (unpaired) electrons. The number of halogens is 3. The van der Waals surface area contributed by atoms with Crippen LogP contribution in [0.2, 0.25) is 0 Å². The molecule has 1 aromatic rings. The molecule has 0 nitrogen and oxygen atoms in total. The molecule has 5 heteroatoms. The Bertz CT molecular complexity index is 409. The molecule has 0 aliphatic heterocycles. The Morgan fingerprint density at radius 2 is 1.28 bits per heavy atom. The fourth-order valence-corrected chi connectivity index (χ4v) is 1.90. The zero-order chi connectivity index (χ0) is 18.7. The molecule has 1 saturated carbocycles. The van der Waals surface area contributed by atoms with Gasteiger partial charge in [-0.05, 0) is 18.4 Å². The second-order valence-corrected chi connectivity index (χ2v) is 15.5. The minimum Gasteiger partial charge on any atom is 6.00 e. The Morgan fingerprint density at radius 3 is 1.60 bits per heavy atom. The van der Waals surface area contributed by atoms with Crippen LogP contribution in [0.4, 0.5) is 0 Å². The molecule has 0 aromatic heterocycles. The molecular weight excluding hydrogens is 549 g/mol. The molecule has 1 aliphatic rings. The summed E-state index contributed by atoms with van der Waals surface area (Å²) in [5.74, 6) is 4.07. The third-order valence-corrected chi connectivity index (χ3v) is 3.49. The van der Waals surface area contributed by atoms with Crippen LogP contribution in [0.5, 0.6) is 0 Å². The SMILES string of the molecule is C[C-]1[CH-][CH-][C-](C(C)C)[CH-][CH-]1.Cc1ccc(C(C)C)cc1.[ClH+][Ru]([ClH+])[ClH+].[Ru+6]. The summed E-state index contributed by atoms with van der Waals surface area (Å²) in [7, 11) is 13.2. The van der Waals surface area contributed by atoms with Gasteiger partial charge in [-0.1, -0.05) is 57.5 Å². The van der Waals surface area contributed by atoms with Crippen molar-refractivity contribution in [2.45, 2.75) is 47.5 Å². The van der Waals surface area contributed by atoms with Gasteiger partial charge < -0.3 is 37.5 Å². The van der Waals surface area contributed by atoms with E-state index in [-0.39, 0.29) is 19.5 Å². The monoisotopic (exact) mass is 580 g/mol. The zero-order valence-corrected chi connectivity index (χ0v) is 21.6. The van der Waals surface area contributed by atoms with Crippen molar-refractivity contribution in [3.8, 4) is 0 Å². The fraction of sp³-hybridized carbons (Fsp3) is 0.400. The van der Waals surface area contributed by atoms with Gasteiger partial charge in [0, 0.05) is 0 Å². The van der Waals surface area contributed by atoms with Crippen LogP contribution in [0.25, 0.3) is 0 Å². The van der Waals surface area contributed by atoms with Crippen LogP contribution in [0.15, 0.2) is 24.3 Å². The molecule has 0 atom stereocenters. The van der Waals surface area contributed by atoms with Crippen LogP contribution in [0.3, 0.4) is 0 Å². The normalized spacial score (nSPS) is 15.6. The maximum Gasteiger partial charge on any atom is 6.00 e. The van der Waals surface area contributed by atoms with Crippen molar-refractivity contribution in [2.24, 2.45) is 5.92 Å².